The topological polar surface area (TPSA) is 150 Å². The van der Waals surface area contributed by atoms with Crippen LogP contribution in [0.1, 0.15) is 147 Å². The third-order valence-electron chi connectivity index (χ3n) is 9.89. The molecule has 3 aromatic carbocycles. The van der Waals surface area contributed by atoms with Crippen molar-refractivity contribution in [2.24, 2.45) is 0 Å². The van der Waals surface area contributed by atoms with E-state index in [2.05, 4.69) is 13.2 Å². The number of hydrogen-bond acceptors (Lipinski definition) is 12. The number of carbonyl (C=O) groups is 5. The molecule has 336 valence electrons. The lowest BCUT2D eigenvalue weighted by Gasteiger charge is -2.12. The Hall–Kier alpha value is -5.91. The molecule has 0 fully saturated rings. The van der Waals surface area contributed by atoms with Gasteiger partial charge < -0.3 is 33.2 Å². The molecule has 62 heavy (non-hydrogen) atoms. The van der Waals surface area contributed by atoms with Crippen molar-refractivity contribution in [1.29, 1.82) is 0 Å². The Labute approximate surface area is 366 Å². The molecule has 0 unspecified atom stereocenters. The summed E-state index contributed by atoms with van der Waals surface area (Å²) in [5, 5.41) is 0. The van der Waals surface area contributed by atoms with Crippen molar-refractivity contribution in [3.63, 3.8) is 0 Å². The molecule has 0 amide bonds. The van der Waals surface area contributed by atoms with E-state index >= 15 is 0 Å². The summed E-state index contributed by atoms with van der Waals surface area (Å²) in [6, 6.07) is 17.3. The summed E-state index contributed by atoms with van der Waals surface area (Å²) >= 11 is 0. The third-order valence-corrected chi connectivity index (χ3v) is 9.89. The molecule has 12 heteroatoms. The smallest absolute Gasteiger partial charge is 0.343 e. The number of hydrogen-bond donors (Lipinski definition) is 0. The Morgan fingerprint density at radius 2 is 0.790 bits per heavy atom. The first-order valence-electron chi connectivity index (χ1n) is 21.9. The summed E-state index contributed by atoms with van der Waals surface area (Å²) < 4.78 is 37.7. The average Bonchev–Trinajstić information content (AvgIpc) is 3.29. The van der Waals surface area contributed by atoms with Crippen LogP contribution in [0.3, 0.4) is 0 Å². The molecule has 0 spiro atoms. The molecule has 0 radical (unpaired) electrons. The standard InChI is InChI=1S/C50H64O12/c1-4-46(51)59-36-22-18-14-10-6-8-12-16-20-34-57-41-28-24-39(25-29-41)48(53)61-43-32-33-45(44(38-43)50(55)56-3)62-49(54)40-26-30-42(31-27-40)58-35-21-17-13-9-7-11-15-19-23-37-60-47(52)5-2/h4-5,24-33,38H,1-2,6-23,34-37H2,3H3. The van der Waals surface area contributed by atoms with Crippen molar-refractivity contribution < 1.29 is 57.1 Å². The Kier molecular flexibility index (Phi) is 25.2. The van der Waals surface area contributed by atoms with E-state index in [1.807, 2.05) is 0 Å². The second kappa shape index (κ2) is 31.0. The fourth-order valence-electron chi connectivity index (χ4n) is 6.36. The van der Waals surface area contributed by atoms with Crippen LogP contribution in [0.2, 0.25) is 0 Å². The summed E-state index contributed by atoms with van der Waals surface area (Å²) in [6.07, 6.45) is 21.8. The van der Waals surface area contributed by atoms with Gasteiger partial charge in [-0.15, -0.1) is 0 Å². The minimum atomic E-state index is -0.769. The number of rotatable bonds is 33. The van der Waals surface area contributed by atoms with Gasteiger partial charge in [0.1, 0.15) is 28.6 Å². The van der Waals surface area contributed by atoms with E-state index in [1.165, 1.54) is 76.0 Å². The van der Waals surface area contributed by atoms with Gasteiger partial charge in [-0.3, -0.25) is 0 Å². The maximum Gasteiger partial charge on any atom is 0.343 e. The molecule has 0 saturated heterocycles. The third kappa shape index (κ3) is 21.1. The number of unbranched alkanes of at least 4 members (excludes halogenated alkanes) is 16. The lowest BCUT2D eigenvalue weighted by molar-refractivity contribution is -0.138. The van der Waals surface area contributed by atoms with E-state index in [0.717, 1.165) is 77.0 Å². The molecule has 0 aliphatic carbocycles. The van der Waals surface area contributed by atoms with Crippen LogP contribution in [0, 0.1) is 0 Å². The predicted octanol–water partition coefficient (Wildman–Crippen LogP) is 11.1. The minimum absolute atomic E-state index is 0.0487. The van der Waals surface area contributed by atoms with E-state index < -0.39 is 17.9 Å². The van der Waals surface area contributed by atoms with Crippen molar-refractivity contribution in [1.82, 2.24) is 0 Å². The van der Waals surface area contributed by atoms with Gasteiger partial charge in [0.05, 0.1) is 44.7 Å². The van der Waals surface area contributed by atoms with Crippen molar-refractivity contribution in [3.8, 4) is 23.0 Å². The zero-order chi connectivity index (χ0) is 44.6. The number of esters is 5. The highest BCUT2D eigenvalue weighted by atomic mass is 16.6. The lowest BCUT2D eigenvalue weighted by Crippen LogP contribution is -2.13. The first-order valence-corrected chi connectivity index (χ1v) is 21.9. The van der Waals surface area contributed by atoms with Crippen LogP contribution in [-0.4, -0.2) is 63.4 Å². The van der Waals surface area contributed by atoms with E-state index in [0.29, 0.717) is 43.5 Å². The Bertz CT molecular complexity index is 1820. The molecule has 3 aromatic rings. The Morgan fingerprint density at radius 3 is 1.18 bits per heavy atom. The number of ether oxygens (including phenoxy) is 7. The minimum Gasteiger partial charge on any atom is -0.494 e. The normalized spacial score (nSPS) is 10.6. The van der Waals surface area contributed by atoms with Gasteiger partial charge in [0.15, 0.2) is 0 Å². The van der Waals surface area contributed by atoms with E-state index in [9.17, 15) is 24.0 Å². The van der Waals surface area contributed by atoms with E-state index in [-0.39, 0.29) is 34.6 Å². The molecule has 0 aliphatic heterocycles. The summed E-state index contributed by atoms with van der Waals surface area (Å²) in [6.45, 7) is 8.82. The largest absolute Gasteiger partial charge is 0.494 e. The van der Waals surface area contributed by atoms with Crippen LogP contribution in [0.15, 0.2) is 92.0 Å². The van der Waals surface area contributed by atoms with Crippen molar-refractivity contribution in [2.45, 2.75) is 116 Å². The zero-order valence-corrected chi connectivity index (χ0v) is 36.4. The van der Waals surface area contributed by atoms with E-state index in [1.54, 1.807) is 48.5 Å². The molecular formula is C50H64O12. The molecule has 0 atom stereocenters. The molecule has 0 aliphatic rings. The highest BCUT2D eigenvalue weighted by molar-refractivity contribution is 5.97. The molecule has 0 N–H and O–H groups in total. The molecule has 12 nitrogen and oxygen atoms in total. The first-order chi connectivity index (χ1) is 30.2. The summed E-state index contributed by atoms with van der Waals surface area (Å²) in [5.74, 6) is -1.53. The van der Waals surface area contributed by atoms with Crippen LogP contribution in [0.25, 0.3) is 0 Å². The number of benzene rings is 3. The number of methoxy groups -OCH3 is 1. The van der Waals surface area contributed by atoms with Gasteiger partial charge in [-0.05, 0) is 92.4 Å². The van der Waals surface area contributed by atoms with Crippen LogP contribution in [0.5, 0.6) is 23.0 Å². The second-order valence-electron chi connectivity index (χ2n) is 14.8. The monoisotopic (exact) mass is 856 g/mol. The number of carbonyl (C=O) groups excluding carboxylic acids is 5. The van der Waals surface area contributed by atoms with Gasteiger partial charge in [-0.25, -0.2) is 24.0 Å². The van der Waals surface area contributed by atoms with Crippen molar-refractivity contribution in [2.75, 3.05) is 33.5 Å². The maximum absolute atomic E-state index is 13.0. The summed E-state index contributed by atoms with van der Waals surface area (Å²) in [5.41, 5.74) is 0.467. The second-order valence-corrected chi connectivity index (χ2v) is 14.8. The molecule has 0 bridgehead atoms. The molecule has 0 heterocycles. The van der Waals surface area contributed by atoms with Gasteiger partial charge in [-0.2, -0.15) is 0 Å². The Balaban J connectivity index is 1.32. The van der Waals surface area contributed by atoms with Crippen LogP contribution in [0.4, 0.5) is 0 Å². The average molecular weight is 857 g/mol. The molecule has 0 aromatic heterocycles. The van der Waals surface area contributed by atoms with E-state index in [4.69, 9.17) is 33.2 Å². The van der Waals surface area contributed by atoms with Crippen LogP contribution >= 0.6 is 0 Å². The lowest BCUT2D eigenvalue weighted by atomic mass is 10.1. The maximum atomic E-state index is 13.0. The molecular weight excluding hydrogens is 793 g/mol. The van der Waals surface area contributed by atoms with Crippen molar-refractivity contribution >= 4 is 29.8 Å². The van der Waals surface area contributed by atoms with Crippen LogP contribution < -0.4 is 18.9 Å². The summed E-state index contributed by atoms with van der Waals surface area (Å²) in [7, 11) is 1.20. The van der Waals surface area contributed by atoms with Crippen LogP contribution in [-0.2, 0) is 23.8 Å². The van der Waals surface area contributed by atoms with Gasteiger partial charge in [0.2, 0.25) is 0 Å². The summed E-state index contributed by atoms with van der Waals surface area (Å²) in [4.78, 5) is 60.7. The van der Waals surface area contributed by atoms with Crippen molar-refractivity contribution in [3.05, 3.63) is 109 Å². The SMILES string of the molecule is C=CC(=O)OCCCCCCCCCCCOc1ccc(C(=O)Oc2ccc(OC(=O)c3ccc(OCCCCCCCCCCCOC(=O)C=C)cc3)c(C(=O)OC)c2)cc1. The molecule has 0 saturated carbocycles. The fraction of sp³-hybridized carbons (Fsp3) is 0.460. The van der Waals surface area contributed by atoms with Gasteiger partial charge in [-0.1, -0.05) is 103 Å². The van der Waals surface area contributed by atoms with Gasteiger partial charge >= 0.3 is 29.8 Å². The zero-order valence-electron chi connectivity index (χ0n) is 36.4. The van der Waals surface area contributed by atoms with Gasteiger partial charge in [0, 0.05) is 12.2 Å². The molecule has 3 rings (SSSR count). The quantitative estimate of drug-likeness (QED) is 0.0189. The predicted molar refractivity (Wildman–Crippen MR) is 237 cm³/mol. The first kappa shape index (κ1) is 50.4. The highest BCUT2D eigenvalue weighted by Crippen LogP contribution is 2.27. The highest BCUT2D eigenvalue weighted by Gasteiger charge is 2.20. The van der Waals surface area contributed by atoms with Gasteiger partial charge in [0.25, 0.3) is 0 Å². The Morgan fingerprint density at radius 1 is 0.435 bits per heavy atom. The fourth-order valence-corrected chi connectivity index (χ4v) is 6.36.